The van der Waals surface area contributed by atoms with Crippen LogP contribution in [0.5, 0.6) is 5.88 Å². The first kappa shape index (κ1) is 20.6. The van der Waals surface area contributed by atoms with Gasteiger partial charge in [0.2, 0.25) is 5.88 Å². The summed E-state index contributed by atoms with van der Waals surface area (Å²) in [6, 6.07) is 1.88. The molecule has 0 aliphatic heterocycles. The molecule has 0 spiro atoms. The topological polar surface area (TPSA) is 69.7 Å². The third kappa shape index (κ3) is 5.42. The zero-order chi connectivity index (χ0) is 19.0. The van der Waals surface area contributed by atoms with E-state index >= 15 is 0 Å². The number of rotatable bonds is 9. The van der Waals surface area contributed by atoms with Gasteiger partial charge in [0.25, 0.3) is 5.91 Å². The number of pyridine rings is 1. The van der Waals surface area contributed by atoms with Crippen LogP contribution in [0.2, 0.25) is 0 Å². The molecule has 1 aromatic heterocycles. The molecule has 1 aliphatic rings. The first-order valence-corrected chi connectivity index (χ1v) is 9.63. The van der Waals surface area contributed by atoms with Crippen LogP contribution in [0.4, 0.5) is 5.69 Å². The van der Waals surface area contributed by atoms with E-state index in [2.05, 4.69) is 17.2 Å². The second kappa shape index (κ2) is 9.88. The average molecular weight is 364 g/mol. The van der Waals surface area contributed by atoms with Crippen molar-refractivity contribution >= 4 is 11.6 Å². The van der Waals surface area contributed by atoms with Gasteiger partial charge in [-0.1, -0.05) is 13.3 Å². The average Bonchev–Trinajstić information content (AvgIpc) is 2.60. The van der Waals surface area contributed by atoms with E-state index in [1.54, 1.807) is 6.20 Å². The van der Waals surface area contributed by atoms with Crippen molar-refractivity contribution < 1.29 is 19.0 Å². The molecule has 1 heterocycles. The van der Waals surface area contributed by atoms with Crippen LogP contribution in [0, 0.1) is 12.8 Å². The molecule has 0 radical (unpaired) electrons. The molecule has 2 atom stereocenters. The molecule has 1 aliphatic carbocycles. The first-order valence-electron chi connectivity index (χ1n) is 9.63. The lowest BCUT2D eigenvalue weighted by Crippen LogP contribution is -2.48. The number of ether oxygens (including phenoxy) is 3. The van der Waals surface area contributed by atoms with Gasteiger partial charge in [0.1, 0.15) is 12.2 Å². The van der Waals surface area contributed by atoms with Crippen molar-refractivity contribution in [3.63, 3.8) is 0 Å². The Morgan fingerprint density at radius 2 is 2.15 bits per heavy atom. The number of anilines is 1. The fourth-order valence-electron chi connectivity index (χ4n) is 3.55. The molecule has 26 heavy (non-hydrogen) atoms. The quantitative estimate of drug-likeness (QED) is 0.676. The van der Waals surface area contributed by atoms with Crippen LogP contribution < -0.4 is 10.1 Å². The van der Waals surface area contributed by atoms with Gasteiger partial charge >= 0.3 is 0 Å². The Morgan fingerprint density at radius 1 is 1.35 bits per heavy atom. The molecule has 6 nitrogen and oxygen atoms in total. The van der Waals surface area contributed by atoms with E-state index in [4.69, 9.17) is 14.2 Å². The van der Waals surface area contributed by atoms with Crippen molar-refractivity contribution in [3.8, 4) is 5.88 Å². The fraction of sp³-hybridized carbons (Fsp3) is 0.700. The Morgan fingerprint density at radius 3 is 2.81 bits per heavy atom. The van der Waals surface area contributed by atoms with Gasteiger partial charge in [-0.2, -0.15) is 0 Å². The molecule has 2 unspecified atom stereocenters. The van der Waals surface area contributed by atoms with E-state index in [1.165, 1.54) is 0 Å². The lowest BCUT2D eigenvalue weighted by molar-refractivity contribution is -0.147. The number of nitrogens with zero attached hydrogens (tertiary/aromatic N) is 1. The van der Waals surface area contributed by atoms with Crippen LogP contribution >= 0.6 is 0 Å². The first-order chi connectivity index (χ1) is 12.5. The molecular weight excluding hydrogens is 332 g/mol. The summed E-state index contributed by atoms with van der Waals surface area (Å²) in [4.78, 5) is 17.3. The lowest BCUT2D eigenvalue weighted by atomic mass is 9.78. The minimum atomic E-state index is -0.729. The maximum absolute atomic E-state index is 13.0. The fourth-order valence-corrected chi connectivity index (χ4v) is 3.55. The third-order valence-electron chi connectivity index (χ3n) is 4.75. The van der Waals surface area contributed by atoms with Gasteiger partial charge < -0.3 is 19.5 Å². The zero-order valence-corrected chi connectivity index (χ0v) is 16.5. The number of nitrogens with one attached hydrogen (secondary N) is 1. The molecule has 1 N–H and O–H groups in total. The molecule has 146 valence electrons. The van der Waals surface area contributed by atoms with Crippen molar-refractivity contribution in [3.05, 3.63) is 17.8 Å². The monoisotopic (exact) mass is 364 g/mol. The number of amides is 1. The second-order valence-electron chi connectivity index (χ2n) is 6.97. The highest BCUT2D eigenvalue weighted by Gasteiger charge is 2.42. The predicted molar refractivity (Wildman–Crippen MR) is 102 cm³/mol. The normalized spacial score (nSPS) is 22.8. The van der Waals surface area contributed by atoms with E-state index in [1.807, 2.05) is 26.8 Å². The zero-order valence-electron chi connectivity index (χ0n) is 16.5. The number of carbonyl (C=O) groups excluding carboxylic acids is 1. The minimum absolute atomic E-state index is 0.0721. The third-order valence-corrected chi connectivity index (χ3v) is 4.75. The van der Waals surface area contributed by atoms with Gasteiger partial charge in [0.15, 0.2) is 0 Å². The van der Waals surface area contributed by atoms with Crippen molar-refractivity contribution in [2.75, 3.05) is 31.7 Å². The molecule has 1 fully saturated rings. The molecule has 6 heteroatoms. The number of hydrogen-bond donors (Lipinski definition) is 1. The molecule has 1 saturated carbocycles. The van der Waals surface area contributed by atoms with Crippen molar-refractivity contribution in [2.45, 2.75) is 59.0 Å². The van der Waals surface area contributed by atoms with Crippen molar-refractivity contribution in [1.82, 2.24) is 4.98 Å². The Hall–Kier alpha value is -1.66. The minimum Gasteiger partial charge on any atom is -0.475 e. The second-order valence-corrected chi connectivity index (χ2v) is 6.97. The molecule has 1 aromatic rings. The SMILES string of the molecule is CCOCCOc1ncc(NC(=O)C2(OCC)CCCC(C)C2)cc1C. The largest absolute Gasteiger partial charge is 0.475 e. The van der Waals surface area contributed by atoms with Gasteiger partial charge in [-0.3, -0.25) is 4.79 Å². The van der Waals surface area contributed by atoms with Crippen LogP contribution in [0.25, 0.3) is 0 Å². The maximum atomic E-state index is 13.0. The smallest absolute Gasteiger partial charge is 0.256 e. The van der Waals surface area contributed by atoms with Crippen LogP contribution in [0.1, 0.15) is 52.0 Å². The Labute approximate surface area is 156 Å². The van der Waals surface area contributed by atoms with Crippen LogP contribution in [0.15, 0.2) is 12.3 Å². The Balaban J connectivity index is 2.02. The highest BCUT2D eigenvalue weighted by atomic mass is 16.5. The summed E-state index contributed by atoms with van der Waals surface area (Å²) in [5.74, 6) is 0.979. The number of hydrogen-bond acceptors (Lipinski definition) is 5. The summed E-state index contributed by atoms with van der Waals surface area (Å²) in [7, 11) is 0. The molecule has 0 bridgehead atoms. The van der Waals surface area contributed by atoms with E-state index in [0.717, 1.165) is 31.2 Å². The van der Waals surface area contributed by atoms with Crippen molar-refractivity contribution in [1.29, 1.82) is 0 Å². The lowest BCUT2D eigenvalue weighted by Gasteiger charge is -2.38. The molecular formula is C20H32N2O4. The number of aromatic nitrogens is 1. The molecule has 0 saturated heterocycles. The summed E-state index contributed by atoms with van der Waals surface area (Å²) in [6.45, 7) is 10.2. The van der Waals surface area contributed by atoms with E-state index in [0.29, 0.717) is 43.9 Å². The van der Waals surface area contributed by atoms with Crippen LogP contribution in [-0.2, 0) is 14.3 Å². The van der Waals surface area contributed by atoms with Gasteiger partial charge in [-0.05, 0) is 52.0 Å². The summed E-state index contributed by atoms with van der Waals surface area (Å²) >= 11 is 0. The van der Waals surface area contributed by atoms with E-state index in [9.17, 15) is 4.79 Å². The van der Waals surface area contributed by atoms with Crippen molar-refractivity contribution in [2.24, 2.45) is 5.92 Å². The summed E-state index contributed by atoms with van der Waals surface area (Å²) in [6.07, 6.45) is 5.32. The number of aryl methyl sites for hydroxylation is 1. The van der Waals surface area contributed by atoms with Gasteiger partial charge in [-0.25, -0.2) is 4.98 Å². The van der Waals surface area contributed by atoms with Gasteiger partial charge in [0, 0.05) is 18.8 Å². The molecule has 0 aromatic carbocycles. The summed E-state index contributed by atoms with van der Waals surface area (Å²) < 4.78 is 16.8. The van der Waals surface area contributed by atoms with Gasteiger partial charge in [-0.15, -0.1) is 0 Å². The standard InChI is InChI=1S/C20H32N2O4/c1-5-24-10-11-25-18-16(4)12-17(14-21-18)22-19(23)20(26-6-2)9-7-8-15(3)13-20/h12,14-15H,5-11,13H2,1-4H3,(H,22,23). The molecule has 1 amide bonds. The summed E-state index contributed by atoms with van der Waals surface area (Å²) in [5.41, 5.74) is 0.816. The highest BCUT2D eigenvalue weighted by molar-refractivity contribution is 5.97. The van der Waals surface area contributed by atoms with Crippen LogP contribution in [0.3, 0.4) is 0 Å². The molecule has 2 rings (SSSR count). The highest BCUT2D eigenvalue weighted by Crippen LogP contribution is 2.36. The van der Waals surface area contributed by atoms with Crippen LogP contribution in [-0.4, -0.2) is 42.9 Å². The predicted octanol–water partition coefficient (Wildman–Crippen LogP) is 3.73. The maximum Gasteiger partial charge on any atom is 0.256 e. The van der Waals surface area contributed by atoms with Gasteiger partial charge in [0.05, 0.1) is 18.5 Å². The Bertz CT molecular complexity index is 589. The van der Waals surface area contributed by atoms with E-state index < -0.39 is 5.60 Å². The Kier molecular flexibility index (Phi) is 7.85. The summed E-state index contributed by atoms with van der Waals surface area (Å²) in [5, 5.41) is 3.00. The number of carbonyl (C=O) groups is 1. The van der Waals surface area contributed by atoms with E-state index in [-0.39, 0.29) is 5.91 Å².